The van der Waals surface area contributed by atoms with Crippen LogP contribution >= 0.6 is 49.2 Å². The Balaban J connectivity index is 2.60. The van der Waals surface area contributed by atoms with Crippen LogP contribution in [0.15, 0.2) is 60.7 Å². The molecule has 0 radical (unpaired) electrons. The number of rotatable bonds is 2. The third-order valence-electron chi connectivity index (χ3n) is 2.36. The number of benzene rings is 2. The average Bonchev–Trinajstić information content (AvgIpc) is 2.31. The molecule has 0 aliphatic heterocycles. The second-order valence-corrected chi connectivity index (χ2v) is 27.5. The van der Waals surface area contributed by atoms with Crippen molar-refractivity contribution in [3.05, 3.63) is 60.7 Å². The van der Waals surface area contributed by atoms with Crippen molar-refractivity contribution in [1.82, 2.24) is 0 Å². The Labute approximate surface area is 120 Å². The van der Waals surface area contributed by atoms with Crippen LogP contribution in [0.25, 0.3) is 0 Å². The van der Waals surface area contributed by atoms with E-state index in [0.29, 0.717) is 0 Å². The van der Waals surface area contributed by atoms with Crippen molar-refractivity contribution < 1.29 is 0 Å². The Morgan fingerprint density at radius 1 is 0.562 bits per heavy atom. The van der Waals surface area contributed by atoms with Crippen LogP contribution in [-0.4, -0.2) is 0 Å². The van der Waals surface area contributed by atoms with Gasteiger partial charge in [-0.3, -0.25) is 0 Å². The number of hydrogen-bond donors (Lipinski definition) is 0. The van der Waals surface area contributed by atoms with Gasteiger partial charge < -0.3 is 0 Å². The summed E-state index contributed by atoms with van der Waals surface area (Å²) < 4.78 is -2.50. The quantitative estimate of drug-likeness (QED) is 0.587. The van der Waals surface area contributed by atoms with Crippen LogP contribution in [0.3, 0.4) is 0 Å². The Morgan fingerprint density at radius 3 is 1.19 bits per heavy atom. The van der Waals surface area contributed by atoms with E-state index >= 15 is 0 Å². The third kappa shape index (κ3) is 2.43. The molecule has 2 rings (SSSR count). The molecule has 0 aliphatic rings. The normalized spacial score (nSPS) is 14.1. The van der Waals surface area contributed by atoms with Crippen LogP contribution in [-0.2, 0) is 0 Å². The Morgan fingerprint density at radius 2 is 0.875 bits per heavy atom. The second kappa shape index (κ2) is 4.53. The van der Waals surface area contributed by atoms with Gasteiger partial charge in [0, 0.05) is 0 Å². The molecule has 0 saturated carbocycles. The summed E-state index contributed by atoms with van der Waals surface area (Å²) in [7, 11) is 0. The van der Waals surface area contributed by atoms with Crippen molar-refractivity contribution in [1.29, 1.82) is 0 Å². The third-order valence-corrected chi connectivity index (χ3v) is 12.0. The predicted molar refractivity (Wildman–Crippen MR) is 85.9 cm³/mol. The summed E-state index contributed by atoms with van der Waals surface area (Å²) in [6, 6.07) is 20.7. The zero-order valence-corrected chi connectivity index (χ0v) is 14.0. The molecule has 0 spiro atoms. The van der Waals surface area contributed by atoms with E-state index in [2.05, 4.69) is 70.7 Å². The van der Waals surface area contributed by atoms with Gasteiger partial charge in [-0.2, -0.15) is 0 Å². The Hall–Kier alpha value is 0.310. The molecule has 0 aromatic heterocycles. The molecule has 16 heavy (non-hydrogen) atoms. The molecule has 0 nitrogen and oxygen atoms in total. The molecule has 0 fully saturated rings. The summed E-state index contributed by atoms with van der Waals surface area (Å²) in [5, 5.41) is 2.44. The fourth-order valence-corrected chi connectivity index (χ4v) is 7.36. The molecule has 0 amide bonds. The zero-order chi connectivity index (χ0) is 11.7. The standard InChI is InChI=1S/C12H10Br3P/c13-16(14,15,11-7-3-1-4-8-11)12-9-5-2-6-10-12/h1-10H. The van der Waals surface area contributed by atoms with E-state index in [9.17, 15) is 0 Å². The molecule has 0 atom stereocenters. The van der Waals surface area contributed by atoms with Gasteiger partial charge in [0.15, 0.2) is 0 Å². The van der Waals surface area contributed by atoms with Crippen molar-refractivity contribution >= 4 is 59.8 Å². The maximum absolute atomic E-state index is 3.87. The van der Waals surface area contributed by atoms with Gasteiger partial charge in [-0.25, -0.2) is 0 Å². The summed E-state index contributed by atoms with van der Waals surface area (Å²) in [6.45, 7) is 0. The van der Waals surface area contributed by atoms with E-state index in [-0.39, 0.29) is 0 Å². The first-order valence-corrected chi connectivity index (χ1v) is 13.1. The molecule has 0 saturated heterocycles. The van der Waals surface area contributed by atoms with Gasteiger partial charge in [0.05, 0.1) is 0 Å². The van der Waals surface area contributed by atoms with Crippen molar-refractivity contribution in [3.63, 3.8) is 0 Å². The van der Waals surface area contributed by atoms with E-state index in [1.165, 1.54) is 10.6 Å². The molecule has 0 heterocycles. The minimum atomic E-state index is -2.50. The van der Waals surface area contributed by atoms with Crippen LogP contribution in [0.2, 0.25) is 0 Å². The molecule has 2 aromatic carbocycles. The average molecular weight is 425 g/mol. The summed E-state index contributed by atoms with van der Waals surface area (Å²) in [5.74, 6) is 0. The first kappa shape index (κ1) is 12.8. The van der Waals surface area contributed by atoms with Gasteiger partial charge in [0.2, 0.25) is 0 Å². The van der Waals surface area contributed by atoms with Crippen LogP contribution in [0.1, 0.15) is 0 Å². The van der Waals surface area contributed by atoms with Gasteiger partial charge in [0.25, 0.3) is 0 Å². The molecule has 84 valence electrons. The van der Waals surface area contributed by atoms with Gasteiger partial charge in [-0.05, 0) is 0 Å². The SMILES string of the molecule is BrP(Br)(Br)(c1ccccc1)c1ccccc1. The fraction of sp³-hybridized carbons (Fsp3) is 0. The van der Waals surface area contributed by atoms with Gasteiger partial charge in [-0.15, -0.1) is 0 Å². The molecule has 0 bridgehead atoms. The fourth-order valence-electron chi connectivity index (χ4n) is 1.49. The first-order valence-electron chi connectivity index (χ1n) is 4.78. The molecule has 0 aliphatic carbocycles. The van der Waals surface area contributed by atoms with Crippen LogP contribution in [0.4, 0.5) is 0 Å². The summed E-state index contributed by atoms with van der Waals surface area (Å²) in [5.41, 5.74) is 0. The molecule has 4 heteroatoms. The van der Waals surface area contributed by atoms with Crippen LogP contribution in [0, 0.1) is 0 Å². The minimum absolute atomic E-state index is 1.22. The second-order valence-electron chi connectivity index (χ2n) is 3.48. The topological polar surface area (TPSA) is 0 Å². The predicted octanol–water partition coefficient (Wildman–Crippen LogP) is 5.12. The van der Waals surface area contributed by atoms with Crippen LogP contribution < -0.4 is 10.6 Å². The van der Waals surface area contributed by atoms with E-state index in [0.717, 1.165) is 0 Å². The molecular formula is C12H10Br3P. The zero-order valence-electron chi connectivity index (χ0n) is 8.35. The molecule has 0 unspecified atom stereocenters. The number of hydrogen-bond acceptors (Lipinski definition) is 0. The van der Waals surface area contributed by atoms with E-state index in [1.54, 1.807) is 0 Å². The first-order chi connectivity index (χ1) is 7.49. The Kier molecular flexibility index (Phi) is 3.61. The summed E-state index contributed by atoms with van der Waals surface area (Å²) in [4.78, 5) is 0. The van der Waals surface area contributed by atoms with Crippen molar-refractivity contribution in [2.45, 2.75) is 0 Å². The van der Waals surface area contributed by atoms with Gasteiger partial charge in [-0.1, -0.05) is 0 Å². The van der Waals surface area contributed by atoms with Crippen molar-refractivity contribution in [2.75, 3.05) is 0 Å². The van der Waals surface area contributed by atoms with Crippen LogP contribution in [0.5, 0.6) is 0 Å². The van der Waals surface area contributed by atoms with Crippen molar-refractivity contribution in [3.8, 4) is 0 Å². The van der Waals surface area contributed by atoms with Gasteiger partial charge in [0.1, 0.15) is 0 Å². The van der Waals surface area contributed by atoms with E-state index < -0.39 is 2.71 Å². The molecule has 0 N–H and O–H groups in total. The summed E-state index contributed by atoms with van der Waals surface area (Å²) in [6.07, 6.45) is 0. The monoisotopic (exact) mass is 422 g/mol. The van der Waals surface area contributed by atoms with E-state index in [4.69, 9.17) is 0 Å². The molecule has 2 aromatic rings. The van der Waals surface area contributed by atoms with Crippen molar-refractivity contribution in [2.24, 2.45) is 0 Å². The summed E-state index contributed by atoms with van der Waals surface area (Å²) >= 11 is 11.6. The van der Waals surface area contributed by atoms with E-state index in [1.807, 2.05) is 36.4 Å². The van der Waals surface area contributed by atoms with Gasteiger partial charge >= 0.3 is 120 Å². The Bertz CT molecular complexity index is 430. The maximum atomic E-state index is 3.87. The molecular weight excluding hydrogens is 415 g/mol. The number of halogens is 3.